The average molecular weight is 358 g/mol. The van der Waals surface area contributed by atoms with Gasteiger partial charge in [0.15, 0.2) is 13.0 Å². The molecule has 0 atom stereocenters. The lowest BCUT2D eigenvalue weighted by atomic mass is 10.1. The Bertz CT molecular complexity index is 823. The number of carbonyl (C=O) groups excluding carboxylic acids is 1. The highest BCUT2D eigenvalue weighted by molar-refractivity contribution is 8.00. The summed E-state index contributed by atoms with van der Waals surface area (Å²) in [5.41, 5.74) is -1.47. The van der Waals surface area contributed by atoms with E-state index in [9.17, 15) is 23.1 Å². The molecule has 11 heteroatoms. The number of alkyl halides is 3. The van der Waals surface area contributed by atoms with Gasteiger partial charge in [-0.05, 0) is 18.6 Å². The maximum absolute atomic E-state index is 12.8. The number of halogens is 3. The van der Waals surface area contributed by atoms with Crippen LogP contribution >= 0.6 is 11.8 Å². The van der Waals surface area contributed by atoms with Crippen molar-refractivity contribution >= 4 is 17.5 Å². The quantitative estimate of drug-likeness (QED) is 0.458. The van der Waals surface area contributed by atoms with E-state index in [0.29, 0.717) is 11.8 Å². The van der Waals surface area contributed by atoms with Crippen molar-refractivity contribution in [3.63, 3.8) is 0 Å². The number of rotatable bonds is 4. The zero-order valence-electron chi connectivity index (χ0n) is 12.3. The fourth-order valence-corrected chi connectivity index (χ4v) is 2.76. The van der Waals surface area contributed by atoms with E-state index < -0.39 is 29.4 Å². The second kappa shape index (κ2) is 6.48. The van der Waals surface area contributed by atoms with Crippen LogP contribution in [0.4, 0.5) is 13.2 Å². The summed E-state index contributed by atoms with van der Waals surface area (Å²) in [4.78, 5) is 15.4. The summed E-state index contributed by atoms with van der Waals surface area (Å²) in [6, 6.07) is 2.53. The molecular formula is C13H9F3N4O3S. The number of ketones is 1. The van der Waals surface area contributed by atoms with Gasteiger partial charge in [-0.15, -0.1) is 0 Å². The van der Waals surface area contributed by atoms with Crippen LogP contribution in [0.3, 0.4) is 0 Å². The molecule has 0 spiro atoms. The molecule has 24 heavy (non-hydrogen) atoms. The molecule has 0 fully saturated rings. The highest BCUT2D eigenvalue weighted by Crippen LogP contribution is 2.32. The van der Waals surface area contributed by atoms with E-state index in [2.05, 4.69) is 14.8 Å². The summed E-state index contributed by atoms with van der Waals surface area (Å²) >= 11 is 0.635. The number of nitrogens with zero attached hydrogens (tertiary/aromatic N) is 4. The van der Waals surface area contributed by atoms with Crippen molar-refractivity contribution in [3.8, 4) is 12.0 Å². The van der Waals surface area contributed by atoms with Gasteiger partial charge < -0.3 is 9.63 Å². The first-order valence-corrected chi connectivity index (χ1v) is 7.31. The van der Waals surface area contributed by atoms with Crippen LogP contribution in [-0.4, -0.2) is 21.8 Å². The zero-order valence-corrected chi connectivity index (χ0v) is 13.2. The SMILES string of the molecule is Cc1cc(C(F)(F)F)nc(SCC(=O)c2c([O-])on[n+]2C)c1C#N. The molecule has 126 valence electrons. The number of hydrogen-bond acceptors (Lipinski definition) is 7. The highest BCUT2D eigenvalue weighted by Gasteiger charge is 2.34. The average Bonchev–Trinajstić information content (AvgIpc) is 2.82. The van der Waals surface area contributed by atoms with Crippen LogP contribution < -0.4 is 9.79 Å². The summed E-state index contributed by atoms with van der Waals surface area (Å²) < 4.78 is 43.7. The maximum atomic E-state index is 12.8. The third kappa shape index (κ3) is 3.48. The Morgan fingerprint density at radius 2 is 2.21 bits per heavy atom. The molecule has 0 aliphatic carbocycles. The number of hydrogen-bond donors (Lipinski definition) is 0. The molecule has 0 N–H and O–H groups in total. The summed E-state index contributed by atoms with van der Waals surface area (Å²) in [5, 5.41) is 23.5. The number of pyridine rings is 1. The predicted molar refractivity (Wildman–Crippen MR) is 70.9 cm³/mol. The fourth-order valence-electron chi connectivity index (χ4n) is 1.84. The molecule has 2 heterocycles. The zero-order chi connectivity index (χ0) is 18.1. The third-order valence-corrected chi connectivity index (χ3v) is 3.93. The monoisotopic (exact) mass is 358 g/mol. The lowest BCUT2D eigenvalue weighted by molar-refractivity contribution is -0.741. The van der Waals surface area contributed by atoms with E-state index in [1.54, 1.807) is 6.07 Å². The van der Waals surface area contributed by atoms with E-state index in [0.717, 1.165) is 10.7 Å². The number of carbonyl (C=O) groups is 1. The van der Waals surface area contributed by atoms with Gasteiger partial charge in [-0.25, -0.2) is 4.98 Å². The van der Waals surface area contributed by atoms with Crippen molar-refractivity contribution in [3.05, 3.63) is 28.6 Å². The lowest BCUT2D eigenvalue weighted by Crippen LogP contribution is -2.37. The standard InChI is InChI=1S/C13H9F3N4O3S/c1-6-3-9(13(14,15)16)18-11(7(6)4-17)24-5-8(21)10-12(22)23-19-20(10)2/h3H,5H2,1-2H3. The lowest BCUT2D eigenvalue weighted by Gasteiger charge is -2.11. The number of thioether (sulfide) groups is 1. The van der Waals surface area contributed by atoms with Crippen LogP contribution in [0.5, 0.6) is 5.95 Å². The molecule has 0 amide bonds. The van der Waals surface area contributed by atoms with E-state index in [4.69, 9.17) is 5.26 Å². The molecule has 0 aliphatic heterocycles. The van der Waals surface area contributed by atoms with Crippen LogP contribution in [0.1, 0.15) is 27.3 Å². The Kier molecular flexibility index (Phi) is 4.79. The molecule has 0 unspecified atom stereocenters. The minimum atomic E-state index is -4.68. The number of aromatic nitrogens is 3. The summed E-state index contributed by atoms with van der Waals surface area (Å²) in [5.74, 6) is -2.04. The van der Waals surface area contributed by atoms with Gasteiger partial charge in [0, 0.05) is 0 Å². The molecule has 2 aromatic rings. The van der Waals surface area contributed by atoms with Gasteiger partial charge in [-0.1, -0.05) is 16.4 Å². The van der Waals surface area contributed by atoms with Crippen molar-refractivity contribution in [2.75, 3.05) is 5.75 Å². The van der Waals surface area contributed by atoms with Crippen molar-refractivity contribution in [2.45, 2.75) is 18.1 Å². The Labute approximate surface area is 137 Å². The van der Waals surface area contributed by atoms with Crippen molar-refractivity contribution in [2.24, 2.45) is 7.05 Å². The predicted octanol–water partition coefficient (Wildman–Crippen LogP) is 1.14. The number of Topliss-reactive ketones (excluding diaryl/α,β-unsaturated/α-hetero) is 1. The van der Waals surface area contributed by atoms with Gasteiger partial charge in [0.25, 0.3) is 5.69 Å². The van der Waals surface area contributed by atoms with E-state index in [-0.39, 0.29) is 21.8 Å². The molecule has 7 nitrogen and oxygen atoms in total. The largest absolute Gasteiger partial charge is 0.539 e. The summed E-state index contributed by atoms with van der Waals surface area (Å²) in [6.45, 7) is 1.34. The second-order valence-corrected chi connectivity index (χ2v) is 5.62. The van der Waals surface area contributed by atoms with Gasteiger partial charge in [0.05, 0.1) is 16.6 Å². The molecule has 2 rings (SSSR count). The van der Waals surface area contributed by atoms with Crippen molar-refractivity contribution in [1.29, 1.82) is 5.26 Å². The molecule has 0 bridgehead atoms. The van der Waals surface area contributed by atoms with Gasteiger partial charge >= 0.3 is 6.18 Å². The smallest absolute Gasteiger partial charge is 0.433 e. The molecule has 0 aliphatic rings. The van der Waals surface area contributed by atoms with E-state index in [1.165, 1.54) is 14.0 Å². The van der Waals surface area contributed by atoms with E-state index in [1.807, 2.05) is 0 Å². The molecule has 0 radical (unpaired) electrons. The first-order valence-electron chi connectivity index (χ1n) is 6.33. The Balaban J connectivity index is 2.31. The molecule has 0 aromatic carbocycles. The van der Waals surface area contributed by atoms with Crippen LogP contribution in [0, 0.1) is 18.3 Å². The second-order valence-electron chi connectivity index (χ2n) is 4.66. The van der Waals surface area contributed by atoms with Gasteiger partial charge in [0.1, 0.15) is 16.8 Å². The van der Waals surface area contributed by atoms with Crippen LogP contribution in [0.25, 0.3) is 0 Å². The molecule has 2 aromatic heterocycles. The van der Waals surface area contributed by atoms with Gasteiger partial charge in [-0.2, -0.15) is 18.4 Å². The van der Waals surface area contributed by atoms with E-state index >= 15 is 0 Å². The molecule has 0 saturated carbocycles. The van der Waals surface area contributed by atoms with Crippen molar-refractivity contribution < 1.29 is 32.3 Å². The minimum Gasteiger partial charge on any atom is -0.539 e. The Hall–Kier alpha value is -2.61. The molecule has 0 saturated heterocycles. The number of nitriles is 1. The fraction of sp³-hybridized carbons (Fsp3) is 0.308. The minimum absolute atomic E-state index is 0.0576. The first kappa shape index (κ1) is 17.7. The van der Waals surface area contributed by atoms with Gasteiger partial charge in [0.2, 0.25) is 5.78 Å². The van der Waals surface area contributed by atoms with Crippen LogP contribution in [0.15, 0.2) is 15.6 Å². The maximum Gasteiger partial charge on any atom is 0.433 e. The van der Waals surface area contributed by atoms with Crippen LogP contribution in [-0.2, 0) is 13.2 Å². The first-order chi connectivity index (χ1) is 11.1. The van der Waals surface area contributed by atoms with Gasteiger partial charge in [-0.3, -0.25) is 4.79 Å². The Morgan fingerprint density at radius 1 is 1.54 bits per heavy atom. The number of aryl methyl sites for hydroxylation is 2. The third-order valence-electron chi connectivity index (χ3n) is 2.95. The molecular weight excluding hydrogens is 349 g/mol. The summed E-state index contributed by atoms with van der Waals surface area (Å²) in [7, 11) is 1.32. The van der Waals surface area contributed by atoms with Crippen LogP contribution in [0.2, 0.25) is 0 Å². The summed E-state index contributed by atoms with van der Waals surface area (Å²) in [6.07, 6.45) is -4.68. The normalized spacial score (nSPS) is 11.3. The highest BCUT2D eigenvalue weighted by atomic mass is 32.2. The Morgan fingerprint density at radius 3 is 2.71 bits per heavy atom. The topological polar surface area (TPSA) is 107 Å². The van der Waals surface area contributed by atoms with Crippen molar-refractivity contribution in [1.82, 2.24) is 10.3 Å².